The van der Waals surface area contributed by atoms with E-state index in [0.29, 0.717) is 10.0 Å². The average molecular weight is 282 g/mol. The van der Waals surface area contributed by atoms with Gasteiger partial charge in [0.1, 0.15) is 4.32 Å². The lowest BCUT2D eigenvalue weighted by atomic mass is 10.1. The van der Waals surface area contributed by atoms with E-state index in [1.54, 1.807) is 13.8 Å². The molecule has 1 aliphatic heterocycles. The van der Waals surface area contributed by atoms with E-state index in [1.807, 2.05) is 0 Å². The highest BCUT2D eigenvalue weighted by Crippen LogP contribution is 2.39. The highest BCUT2D eigenvalue weighted by Gasteiger charge is 2.44. The molecule has 2 rings (SSSR count). The first-order valence-corrected chi connectivity index (χ1v) is 6.37. The van der Waals surface area contributed by atoms with E-state index in [4.69, 9.17) is 12.2 Å². The molecule has 1 fully saturated rings. The minimum Gasteiger partial charge on any atom is -0.272 e. The fraction of sp³-hybridized carbons (Fsp3) is 0.273. The van der Waals surface area contributed by atoms with Gasteiger partial charge in [-0.05, 0) is 26.0 Å². The van der Waals surface area contributed by atoms with Crippen molar-refractivity contribution >= 4 is 45.6 Å². The van der Waals surface area contributed by atoms with Crippen LogP contribution in [0.3, 0.4) is 0 Å². The van der Waals surface area contributed by atoms with Crippen molar-refractivity contribution in [2.75, 3.05) is 4.90 Å². The fourth-order valence-corrected chi connectivity index (χ4v) is 3.31. The Morgan fingerprint density at radius 1 is 1.33 bits per heavy atom. The Balaban J connectivity index is 2.35. The Morgan fingerprint density at radius 3 is 2.28 bits per heavy atom. The zero-order chi connectivity index (χ0) is 13.5. The maximum Gasteiger partial charge on any atom is 0.269 e. The number of nitro groups is 1. The van der Waals surface area contributed by atoms with Crippen molar-refractivity contribution in [2.45, 2.75) is 18.6 Å². The van der Waals surface area contributed by atoms with Gasteiger partial charge >= 0.3 is 0 Å². The van der Waals surface area contributed by atoms with Gasteiger partial charge in [-0.15, -0.1) is 0 Å². The van der Waals surface area contributed by atoms with E-state index in [9.17, 15) is 14.9 Å². The van der Waals surface area contributed by atoms with Gasteiger partial charge in [0.25, 0.3) is 5.69 Å². The second-order valence-corrected chi connectivity index (χ2v) is 6.55. The molecule has 1 saturated heterocycles. The Morgan fingerprint density at radius 2 is 1.89 bits per heavy atom. The second-order valence-electron chi connectivity index (χ2n) is 4.29. The zero-order valence-corrected chi connectivity index (χ0v) is 11.4. The lowest BCUT2D eigenvalue weighted by Crippen LogP contribution is -2.35. The molecule has 1 aromatic rings. The SMILES string of the molecule is CC1(C)SC(=S)N(c2ccc([N+](=O)[O-])cc2)C1=O. The Kier molecular flexibility index (Phi) is 3.12. The Labute approximate surface area is 113 Å². The highest BCUT2D eigenvalue weighted by atomic mass is 32.2. The molecule has 0 aliphatic carbocycles. The first-order chi connectivity index (χ1) is 8.33. The number of non-ortho nitro benzene ring substituents is 1. The molecule has 0 atom stereocenters. The molecule has 7 heteroatoms. The van der Waals surface area contributed by atoms with Gasteiger partial charge < -0.3 is 0 Å². The lowest BCUT2D eigenvalue weighted by Gasteiger charge is -2.17. The standard InChI is InChI=1S/C11H10N2O3S2/c1-11(2)9(14)12(10(17)18-11)7-3-5-8(6-4-7)13(15)16/h3-6H,1-2H3. The molecular formula is C11H10N2O3S2. The van der Waals surface area contributed by atoms with Crippen molar-refractivity contribution in [3.63, 3.8) is 0 Å². The normalized spacial score (nSPS) is 18.2. The third-order valence-electron chi connectivity index (χ3n) is 2.56. The number of carbonyl (C=O) groups is 1. The van der Waals surface area contributed by atoms with Crippen LogP contribution in [-0.2, 0) is 4.79 Å². The topological polar surface area (TPSA) is 63.4 Å². The molecule has 0 N–H and O–H groups in total. The van der Waals surface area contributed by atoms with Crippen molar-refractivity contribution < 1.29 is 9.72 Å². The summed E-state index contributed by atoms with van der Waals surface area (Å²) in [6, 6.07) is 5.79. The fourth-order valence-electron chi connectivity index (χ4n) is 1.61. The average Bonchev–Trinajstić information content (AvgIpc) is 2.48. The second kappa shape index (κ2) is 4.33. The van der Waals surface area contributed by atoms with Crippen LogP contribution in [-0.4, -0.2) is 19.9 Å². The molecule has 1 heterocycles. The van der Waals surface area contributed by atoms with Crippen molar-refractivity contribution in [3.05, 3.63) is 34.4 Å². The molecule has 5 nitrogen and oxygen atoms in total. The van der Waals surface area contributed by atoms with Crippen LogP contribution in [0.1, 0.15) is 13.8 Å². The van der Waals surface area contributed by atoms with Crippen LogP contribution in [0.15, 0.2) is 24.3 Å². The molecule has 1 amide bonds. The number of carbonyl (C=O) groups excluding carboxylic acids is 1. The predicted molar refractivity (Wildman–Crippen MR) is 74.9 cm³/mol. The van der Waals surface area contributed by atoms with E-state index < -0.39 is 9.67 Å². The molecule has 18 heavy (non-hydrogen) atoms. The number of anilines is 1. The number of thioether (sulfide) groups is 1. The summed E-state index contributed by atoms with van der Waals surface area (Å²) in [5.41, 5.74) is 0.553. The van der Waals surface area contributed by atoms with Crippen LogP contribution in [0.2, 0.25) is 0 Å². The summed E-state index contributed by atoms with van der Waals surface area (Å²) in [4.78, 5) is 23.6. The molecule has 0 aromatic heterocycles. The van der Waals surface area contributed by atoms with E-state index in [-0.39, 0.29) is 11.6 Å². The first kappa shape index (κ1) is 13.0. The monoisotopic (exact) mass is 282 g/mol. The summed E-state index contributed by atoms with van der Waals surface area (Å²) in [5.74, 6) is -0.105. The molecule has 0 radical (unpaired) electrons. The van der Waals surface area contributed by atoms with Crippen LogP contribution in [0.5, 0.6) is 0 Å². The maximum atomic E-state index is 12.1. The predicted octanol–water partition coefficient (Wildman–Crippen LogP) is 2.74. The van der Waals surface area contributed by atoms with Crippen molar-refractivity contribution in [3.8, 4) is 0 Å². The molecule has 0 spiro atoms. The number of rotatable bonds is 2. The number of hydrogen-bond donors (Lipinski definition) is 0. The molecule has 1 aliphatic rings. The molecule has 1 aromatic carbocycles. The van der Waals surface area contributed by atoms with Gasteiger partial charge in [0.05, 0.1) is 15.4 Å². The summed E-state index contributed by atoms with van der Waals surface area (Å²) in [5, 5.41) is 10.6. The molecule has 0 unspecified atom stereocenters. The smallest absolute Gasteiger partial charge is 0.269 e. The molecule has 0 bridgehead atoms. The van der Waals surface area contributed by atoms with Gasteiger partial charge in [-0.25, -0.2) is 0 Å². The van der Waals surface area contributed by atoms with E-state index in [1.165, 1.54) is 40.9 Å². The third-order valence-corrected chi connectivity index (χ3v) is 4.04. The molecule has 94 valence electrons. The van der Waals surface area contributed by atoms with E-state index >= 15 is 0 Å². The third kappa shape index (κ3) is 2.11. The van der Waals surface area contributed by atoms with Gasteiger partial charge in [-0.1, -0.05) is 24.0 Å². The van der Waals surface area contributed by atoms with Crippen LogP contribution < -0.4 is 4.90 Å². The van der Waals surface area contributed by atoms with Crippen LogP contribution in [0.4, 0.5) is 11.4 Å². The summed E-state index contributed by atoms with van der Waals surface area (Å²) < 4.78 is -0.113. The number of hydrogen-bond acceptors (Lipinski definition) is 5. The number of nitro benzene ring substituents is 1. The van der Waals surface area contributed by atoms with Gasteiger partial charge in [0.2, 0.25) is 5.91 Å². The minimum absolute atomic E-state index is 0.0109. The van der Waals surface area contributed by atoms with Gasteiger partial charge in [0.15, 0.2) is 0 Å². The zero-order valence-electron chi connectivity index (χ0n) is 9.75. The number of benzene rings is 1. The number of amides is 1. The van der Waals surface area contributed by atoms with Gasteiger partial charge in [0, 0.05) is 12.1 Å². The Bertz CT molecular complexity index is 540. The largest absolute Gasteiger partial charge is 0.272 e. The minimum atomic E-state index is -0.584. The summed E-state index contributed by atoms with van der Waals surface area (Å²) >= 11 is 6.49. The summed E-state index contributed by atoms with van der Waals surface area (Å²) in [7, 11) is 0. The highest BCUT2D eigenvalue weighted by molar-refractivity contribution is 8.25. The summed E-state index contributed by atoms with van der Waals surface area (Å²) in [6.07, 6.45) is 0. The van der Waals surface area contributed by atoms with Gasteiger partial charge in [-0.2, -0.15) is 0 Å². The van der Waals surface area contributed by atoms with Crippen molar-refractivity contribution in [2.24, 2.45) is 0 Å². The van der Waals surface area contributed by atoms with E-state index in [0.717, 1.165) is 0 Å². The summed E-state index contributed by atoms with van der Waals surface area (Å²) in [6.45, 7) is 3.61. The molecular weight excluding hydrogens is 272 g/mol. The van der Waals surface area contributed by atoms with Crippen molar-refractivity contribution in [1.82, 2.24) is 0 Å². The van der Waals surface area contributed by atoms with Gasteiger partial charge in [-0.3, -0.25) is 19.8 Å². The first-order valence-electron chi connectivity index (χ1n) is 5.15. The van der Waals surface area contributed by atoms with Crippen LogP contribution >= 0.6 is 24.0 Å². The Hall–Kier alpha value is -1.47. The van der Waals surface area contributed by atoms with Crippen molar-refractivity contribution in [1.29, 1.82) is 0 Å². The molecule has 0 saturated carbocycles. The van der Waals surface area contributed by atoms with Crippen LogP contribution in [0.25, 0.3) is 0 Å². The lowest BCUT2D eigenvalue weighted by molar-refractivity contribution is -0.384. The number of nitrogens with zero attached hydrogens (tertiary/aromatic N) is 2. The number of thiocarbonyl (C=S) groups is 1. The maximum absolute atomic E-state index is 12.1. The quantitative estimate of drug-likeness (QED) is 0.474. The van der Waals surface area contributed by atoms with E-state index in [2.05, 4.69) is 0 Å². The van der Waals surface area contributed by atoms with Crippen LogP contribution in [0, 0.1) is 10.1 Å².